The van der Waals surface area contributed by atoms with E-state index in [1.54, 1.807) is 11.9 Å². The molecule has 150 valence electrons. The zero-order chi connectivity index (χ0) is 19.2. The summed E-state index contributed by atoms with van der Waals surface area (Å²) in [5, 5.41) is 3.16. The third kappa shape index (κ3) is 3.13. The topological polar surface area (TPSA) is 95.7 Å². The predicted octanol–water partition coefficient (Wildman–Crippen LogP) is 1.61. The van der Waals surface area contributed by atoms with Crippen LogP contribution in [0, 0.1) is 11.8 Å². The molecule has 2 unspecified atom stereocenters. The molecule has 0 aromatic carbocycles. The van der Waals surface area contributed by atoms with E-state index < -0.39 is 5.54 Å². The first-order valence-corrected chi connectivity index (χ1v) is 10.6. The van der Waals surface area contributed by atoms with Gasteiger partial charge in [0.05, 0.1) is 0 Å². The zero-order valence-corrected chi connectivity index (χ0v) is 16.3. The van der Waals surface area contributed by atoms with Gasteiger partial charge in [-0.05, 0) is 50.4 Å². The highest BCUT2D eigenvalue weighted by molar-refractivity contribution is 6.08. The number of hydrogen-bond donors (Lipinski definition) is 2. The zero-order valence-electron chi connectivity index (χ0n) is 16.3. The minimum atomic E-state index is -0.719. The van der Waals surface area contributed by atoms with Crippen LogP contribution in [0.4, 0.5) is 4.79 Å². The third-order valence-corrected chi connectivity index (χ3v) is 7.49. The Balaban J connectivity index is 1.42. The number of fused-ring (bicyclic) bond motifs is 2. The van der Waals surface area contributed by atoms with Crippen molar-refractivity contribution < 1.29 is 14.4 Å². The second kappa shape index (κ2) is 7.08. The molecule has 4 aliphatic rings. The Morgan fingerprint density at radius 3 is 2.37 bits per heavy atom. The largest absolute Gasteiger partial charge is 0.351 e. The van der Waals surface area contributed by atoms with Crippen LogP contribution in [0.3, 0.4) is 0 Å². The van der Waals surface area contributed by atoms with Gasteiger partial charge in [0.25, 0.3) is 5.91 Å². The fourth-order valence-electron chi connectivity index (χ4n) is 6.07. The fourth-order valence-corrected chi connectivity index (χ4v) is 6.07. The van der Waals surface area contributed by atoms with Gasteiger partial charge in [-0.15, -0.1) is 0 Å². The number of nitrogens with zero attached hydrogens (tertiary/aromatic N) is 2. The molecule has 0 aromatic rings. The first-order valence-electron chi connectivity index (χ1n) is 10.6. The number of rotatable bonds is 3. The molecule has 3 aliphatic carbocycles. The van der Waals surface area contributed by atoms with E-state index >= 15 is 0 Å². The monoisotopic (exact) mass is 376 g/mol. The van der Waals surface area contributed by atoms with Crippen molar-refractivity contribution in [3.05, 3.63) is 0 Å². The second-order valence-corrected chi connectivity index (χ2v) is 9.10. The average Bonchev–Trinajstić information content (AvgIpc) is 2.80. The van der Waals surface area contributed by atoms with Gasteiger partial charge in [0.1, 0.15) is 12.1 Å². The molecule has 3 saturated carbocycles. The van der Waals surface area contributed by atoms with Crippen molar-refractivity contribution in [1.82, 2.24) is 15.1 Å². The van der Waals surface area contributed by atoms with Gasteiger partial charge >= 0.3 is 6.03 Å². The van der Waals surface area contributed by atoms with Gasteiger partial charge in [0.2, 0.25) is 5.91 Å². The molecule has 2 atom stereocenters. The standard InChI is InChI=1S/C20H32N4O3/c1-23-19(27)24(18(26)20(23)8-3-2-4-9-20)12-16(25)22-17-13-6-5-7-14(17)11-15(21)10-13/h13-15,17H,2-12,21H2,1H3,(H,22,25). The van der Waals surface area contributed by atoms with Crippen molar-refractivity contribution in [2.24, 2.45) is 17.6 Å². The van der Waals surface area contributed by atoms with Crippen LogP contribution in [0.15, 0.2) is 0 Å². The first kappa shape index (κ1) is 18.7. The molecule has 0 aromatic heterocycles. The molecule has 1 heterocycles. The molecule has 4 amide bonds. The van der Waals surface area contributed by atoms with Crippen LogP contribution in [-0.4, -0.2) is 58.9 Å². The average molecular weight is 377 g/mol. The smallest absolute Gasteiger partial charge is 0.327 e. The predicted molar refractivity (Wildman–Crippen MR) is 101 cm³/mol. The summed E-state index contributed by atoms with van der Waals surface area (Å²) in [6, 6.07) is 0.0399. The molecule has 1 aliphatic heterocycles. The maximum Gasteiger partial charge on any atom is 0.327 e. The maximum absolute atomic E-state index is 13.0. The first-order chi connectivity index (χ1) is 12.9. The SMILES string of the molecule is CN1C(=O)N(CC(=O)NC2C3CCCC2CC(N)C3)C(=O)C12CCCCC2. The Hall–Kier alpha value is -1.63. The Morgan fingerprint density at radius 2 is 1.74 bits per heavy atom. The van der Waals surface area contributed by atoms with Crippen molar-refractivity contribution in [3.63, 3.8) is 0 Å². The number of nitrogens with one attached hydrogen (secondary N) is 1. The molecule has 2 bridgehead atoms. The highest BCUT2D eigenvalue weighted by Crippen LogP contribution is 2.41. The minimum absolute atomic E-state index is 0.139. The van der Waals surface area contributed by atoms with Crippen LogP contribution < -0.4 is 11.1 Å². The van der Waals surface area contributed by atoms with Crippen molar-refractivity contribution in [1.29, 1.82) is 0 Å². The number of carbonyl (C=O) groups is 3. The lowest BCUT2D eigenvalue weighted by atomic mass is 9.67. The van der Waals surface area contributed by atoms with Gasteiger partial charge in [-0.25, -0.2) is 4.79 Å². The van der Waals surface area contributed by atoms with Crippen molar-refractivity contribution >= 4 is 17.8 Å². The number of likely N-dealkylation sites (N-methyl/N-ethyl adjacent to an activating group) is 1. The molecule has 1 spiro atoms. The third-order valence-electron chi connectivity index (χ3n) is 7.49. The Morgan fingerprint density at radius 1 is 1.11 bits per heavy atom. The van der Waals surface area contributed by atoms with Crippen LogP contribution in [-0.2, 0) is 9.59 Å². The van der Waals surface area contributed by atoms with E-state index in [1.165, 1.54) is 11.3 Å². The lowest BCUT2D eigenvalue weighted by Gasteiger charge is -2.45. The van der Waals surface area contributed by atoms with Crippen LogP contribution in [0.25, 0.3) is 0 Å². The molecular formula is C20H32N4O3. The minimum Gasteiger partial charge on any atom is -0.351 e. The summed E-state index contributed by atoms with van der Waals surface area (Å²) in [7, 11) is 1.70. The number of imide groups is 1. The summed E-state index contributed by atoms with van der Waals surface area (Å²) in [4.78, 5) is 41.2. The van der Waals surface area contributed by atoms with Crippen LogP contribution in [0.1, 0.15) is 64.2 Å². The van der Waals surface area contributed by atoms with Gasteiger partial charge in [-0.1, -0.05) is 25.7 Å². The van der Waals surface area contributed by atoms with Crippen molar-refractivity contribution in [3.8, 4) is 0 Å². The van der Waals surface area contributed by atoms with E-state index in [1.807, 2.05) is 0 Å². The number of urea groups is 1. The molecular weight excluding hydrogens is 344 g/mol. The highest BCUT2D eigenvalue weighted by Gasteiger charge is 2.56. The number of carbonyl (C=O) groups excluding carboxylic acids is 3. The Bertz CT molecular complexity index is 617. The van der Waals surface area contributed by atoms with Gasteiger partial charge < -0.3 is 16.0 Å². The lowest BCUT2D eigenvalue weighted by Crippen LogP contribution is -2.55. The normalized spacial score (nSPS) is 35.6. The molecule has 0 radical (unpaired) electrons. The van der Waals surface area contributed by atoms with E-state index in [-0.39, 0.29) is 36.5 Å². The lowest BCUT2D eigenvalue weighted by molar-refractivity contribution is -0.137. The number of nitrogens with two attached hydrogens (primary N) is 1. The van der Waals surface area contributed by atoms with Gasteiger partial charge in [0.15, 0.2) is 0 Å². The molecule has 1 saturated heterocycles. The summed E-state index contributed by atoms with van der Waals surface area (Å²) in [6.07, 6.45) is 9.72. The summed E-state index contributed by atoms with van der Waals surface area (Å²) >= 11 is 0. The van der Waals surface area contributed by atoms with Crippen molar-refractivity contribution in [2.45, 2.75) is 81.8 Å². The quantitative estimate of drug-likeness (QED) is 0.732. The highest BCUT2D eigenvalue weighted by atomic mass is 16.2. The van der Waals surface area contributed by atoms with E-state index in [0.717, 1.165) is 44.9 Å². The van der Waals surface area contributed by atoms with E-state index in [2.05, 4.69) is 5.32 Å². The Kier molecular flexibility index (Phi) is 4.91. The molecule has 4 rings (SSSR count). The molecule has 4 fully saturated rings. The van der Waals surface area contributed by atoms with Crippen LogP contribution in [0.5, 0.6) is 0 Å². The molecule has 7 nitrogen and oxygen atoms in total. The van der Waals surface area contributed by atoms with Gasteiger partial charge in [-0.2, -0.15) is 0 Å². The van der Waals surface area contributed by atoms with E-state index in [9.17, 15) is 14.4 Å². The molecule has 3 N–H and O–H groups in total. The molecule has 7 heteroatoms. The summed E-state index contributed by atoms with van der Waals surface area (Å²) in [5.41, 5.74) is 5.45. The summed E-state index contributed by atoms with van der Waals surface area (Å²) < 4.78 is 0. The second-order valence-electron chi connectivity index (χ2n) is 9.10. The van der Waals surface area contributed by atoms with Gasteiger partial charge in [-0.3, -0.25) is 14.5 Å². The summed E-state index contributed by atoms with van der Waals surface area (Å²) in [6.45, 7) is -0.161. The van der Waals surface area contributed by atoms with Crippen molar-refractivity contribution in [2.75, 3.05) is 13.6 Å². The van der Waals surface area contributed by atoms with E-state index in [0.29, 0.717) is 24.7 Å². The van der Waals surface area contributed by atoms with Gasteiger partial charge in [0, 0.05) is 19.1 Å². The van der Waals surface area contributed by atoms with E-state index in [4.69, 9.17) is 5.73 Å². The molecule has 27 heavy (non-hydrogen) atoms. The maximum atomic E-state index is 13.0. The summed E-state index contributed by atoms with van der Waals surface area (Å²) in [5.74, 6) is 0.452. The Labute approximate surface area is 161 Å². The number of amides is 4. The van der Waals surface area contributed by atoms with Crippen LogP contribution in [0.2, 0.25) is 0 Å². The van der Waals surface area contributed by atoms with Crippen LogP contribution >= 0.6 is 0 Å². The number of hydrogen-bond acceptors (Lipinski definition) is 4. The fraction of sp³-hybridized carbons (Fsp3) is 0.850.